The summed E-state index contributed by atoms with van der Waals surface area (Å²) in [7, 11) is -1.92. The second-order valence-electron chi connectivity index (χ2n) is 5.20. The maximum Gasteiger partial charge on any atom is 0.240 e. The molecule has 0 saturated heterocycles. The summed E-state index contributed by atoms with van der Waals surface area (Å²) < 4.78 is 33.3. The first-order valence-electron chi connectivity index (χ1n) is 6.82. The molecule has 1 aliphatic carbocycles. The van der Waals surface area contributed by atoms with E-state index in [2.05, 4.69) is 20.7 Å². The molecule has 20 heavy (non-hydrogen) atoms. The molecule has 1 aromatic carbocycles. The number of benzene rings is 1. The summed E-state index contributed by atoms with van der Waals surface area (Å²) >= 11 is 3.32. The van der Waals surface area contributed by atoms with E-state index in [1.807, 2.05) is 6.92 Å². The number of hydrogen-bond donors (Lipinski definition) is 1. The van der Waals surface area contributed by atoms with Crippen molar-refractivity contribution in [3.8, 4) is 5.75 Å². The highest BCUT2D eigenvalue weighted by Gasteiger charge is 2.27. The van der Waals surface area contributed by atoms with Gasteiger partial charge in [0.25, 0.3) is 0 Å². The number of ether oxygens (including phenoxy) is 1. The van der Waals surface area contributed by atoms with Crippen LogP contribution in [0.2, 0.25) is 0 Å². The fourth-order valence-corrected chi connectivity index (χ4v) is 4.21. The molecular formula is C14H20BrNO3S. The number of hydrogen-bond acceptors (Lipinski definition) is 3. The molecule has 0 heterocycles. The molecule has 0 spiro atoms. The molecule has 1 unspecified atom stereocenters. The summed E-state index contributed by atoms with van der Waals surface area (Å²) in [6.07, 6.45) is 4.21. The van der Waals surface area contributed by atoms with Crippen molar-refractivity contribution in [2.24, 2.45) is 5.92 Å². The lowest BCUT2D eigenvalue weighted by molar-refractivity contribution is 0.411. The van der Waals surface area contributed by atoms with Gasteiger partial charge in [0, 0.05) is 6.04 Å². The van der Waals surface area contributed by atoms with Crippen molar-refractivity contribution in [1.29, 1.82) is 0 Å². The number of sulfonamides is 1. The van der Waals surface area contributed by atoms with E-state index in [9.17, 15) is 8.42 Å². The average Bonchev–Trinajstić information content (AvgIpc) is 3.21. The van der Waals surface area contributed by atoms with Crippen molar-refractivity contribution < 1.29 is 13.2 Å². The van der Waals surface area contributed by atoms with E-state index in [-0.39, 0.29) is 10.9 Å². The van der Waals surface area contributed by atoms with E-state index in [4.69, 9.17) is 4.74 Å². The maximum atomic E-state index is 12.4. The highest BCUT2D eigenvalue weighted by atomic mass is 79.9. The maximum absolute atomic E-state index is 12.4. The second kappa shape index (κ2) is 6.45. The van der Waals surface area contributed by atoms with Gasteiger partial charge in [0.15, 0.2) is 0 Å². The van der Waals surface area contributed by atoms with Gasteiger partial charge in [-0.2, -0.15) is 0 Å². The first-order chi connectivity index (χ1) is 9.46. The Hall–Kier alpha value is -0.590. The Kier molecular flexibility index (Phi) is 5.09. The number of halogens is 1. The van der Waals surface area contributed by atoms with Crippen molar-refractivity contribution in [1.82, 2.24) is 4.72 Å². The van der Waals surface area contributed by atoms with Gasteiger partial charge in [-0.3, -0.25) is 0 Å². The molecule has 2 rings (SSSR count). The topological polar surface area (TPSA) is 55.4 Å². The van der Waals surface area contributed by atoms with Gasteiger partial charge in [-0.05, 0) is 52.9 Å². The van der Waals surface area contributed by atoms with Crippen LogP contribution in [0.25, 0.3) is 0 Å². The molecule has 0 bridgehead atoms. The van der Waals surface area contributed by atoms with E-state index < -0.39 is 10.0 Å². The molecule has 1 fully saturated rings. The molecule has 0 aliphatic heterocycles. The molecule has 6 heteroatoms. The summed E-state index contributed by atoms with van der Waals surface area (Å²) in [5.41, 5.74) is 0. The third-order valence-electron chi connectivity index (χ3n) is 3.56. The minimum Gasteiger partial charge on any atom is -0.496 e. The zero-order valence-corrected chi connectivity index (χ0v) is 14.1. The molecule has 0 amide bonds. The minimum atomic E-state index is -3.47. The first kappa shape index (κ1) is 15.8. The van der Waals surface area contributed by atoms with Gasteiger partial charge >= 0.3 is 0 Å². The Morgan fingerprint density at radius 2 is 2.15 bits per heavy atom. The summed E-state index contributed by atoms with van der Waals surface area (Å²) in [5.74, 6) is 1.32. The smallest absolute Gasteiger partial charge is 0.240 e. The van der Waals surface area contributed by atoms with Crippen LogP contribution in [0.4, 0.5) is 0 Å². The van der Waals surface area contributed by atoms with Crippen LogP contribution in [-0.2, 0) is 10.0 Å². The first-order valence-corrected chi connectivity index (χ1v) is 9.09. The molecular weight excluding hydrogens is 342 g/mol. The summed E-state index contributed by atoms with van der Waals surface area (Å²) in [4.78, 5) is 0.263. The van der Waals surface area contributed by atoms with Gasteiger partial charge in [-0.1, -0.05) is 19.8 Å². The third kappa shape index (κ3) is 3.96. The largest absolute Gasteiger partial charge is 0.496 e. The highest BCUT2D eigenvalue weighted by molar-refractivity contribution is 9.10. The highest BCUT2D eigenvalue weighted by Crippen LogP contribution is 2.34. The molecule has 0 radical (unpaired) electrons. The van der Waals surface area contributed by atoms with Crippen molar-refractivity contribution in [3.05, 3.63) is 22.7 Å². The number of nitrogens with one attached hydrogen (secondary N) is 1. The number of methoxy groups -OCH3 is 1. The summed E-state index contributed by atoms with van der Waals surface area (Å²) in [6, 6.07) is 4.81. The Balaban J connectivity index is 2.13. The zero-order chi connectivity index (χ0) is 14.8. The van der Waals surface area contributed by atoms with Crippen LogP contribution in [0.15, 0.2) is 27.6 Å². The van der Waals surface area contributed by atoms with Crippen LogP contribution in [0, 0.1) is 5.92 Å². The Morgan fingerprint density at radius 1 is 1.45 bits per heavy atom. The second-order valence-corrected chi connectivity index (χ2v) is 7.77. The predicted octanol–water partition coefficient (Wildman–Crippen LogP) is 3.31. The van der Waals surface area contributed by atoms with Gasteiger partial charge in [-0.25, -0.2) is 13.1 Å². The lowest BCUT2D eigenvalue weighted by atomic mass is 10.1. The van der Waals surface area contributed by atoms with E-state index in [1.54, 1.807) is 25.3 Å². The van der Waals surface area contributed by atoms with Gasteiger partial charge < -0.3 is 4.74 Å². The van der Waals surface area contributed by atoms with Crippen LogP contribution in [0.3, 0.4) is 0 Å². The van der Waals surface area contributed by atoms with Crippen molar-refractivity contribution in [2.75, 3.05) is 7.11 Å². The molecule has 1 saturated carbocycles. The molecule has 112 valence electrons. The van der Waals surface area contributed by atoms with Gasteiger partial charge in [0.1, 0.15) is 5.75 Å². The van der Waals surface area contributed by atoms with E-state index in [0.717, 1.165) is 12.8 Å². The fourth-order valence-electron chi connectivity index (χ4n) is 2.16. The third-order valence-corrected chi connectivity index (χ3v) is 5.70. The SMILES string of the molecule is CCC(CC1CC1)NS(=O)(=O)c1ccc(OC)c(Br)c1. The molecule has 1 N–H and O–H groups in total. The van der Waals surface area contributed by atoms with Gasteiger partial charge in [0.2, 0.25) is 10.0 Å². The average molecular weight is 362 g/mol. The van der Waals surface area contributed by atoms with Crippen molar-refractivity contribution >= 4 is 26.0 Å². The standard InChI is InChI=1S/C14H20BrNO3S/c1-3-11(8-10-4-5-10)16-20(17,18)12-6-7-14(19-2)13(15)9-12/h6-7,9-11,16H,3-5,8H2,1-2H3. The molecule has 1 atom stereocenters. The molecule has 4 nitrogen and oxygen atoms in total. The number of rotatable bonds is 7. The van der Waals surface area contributed by atoms with Crippen LogP contribution in [0.1, 0.15) is 32.6 Å². The van der Waals surface area contributed by atoms with E-state index in [0.29, 0.717) is 16.1 Å². The summed E-state index contributed by atoms with van der Waals surface area (Å²) in [5, 5.41) is 0. The van der Waals surface area contributed by atoms with Gasteiger partial charge in [0.05, 0.1) is 16.5 Å². The Morgan fingerprint density at radius 3 is 2.65 bits per heavy atom. The molecule has 1 aliphatic rings. The predicted molar refractivity (Wildman–Crippen MR) is 82.4 cm³/mol. The van der Waals surface area contributed by atoms with Crippen LogP contribution in [0.5, 0.6) is 5.75 Å². The van der Waals surface area contributed by atoms with E-state index in [1.165, 1.54) is 12.8 Å². The molecule has 1 aromatic rings. The van der Waals surface area contributed by atoms with Gasteiger partial charge in [-0.15, -0.1) is 0 Å². The van der Waals surface area contributed by atoms with Crippen molar-refractivity contribution in [2.45, 2.75) is 43.5 Å². The quantitative estimate of drug-likeness (QED) is 0.810. The normalized spacial score (nSPS) is 16.9. The molecule has 0 aromatic heterocycles. The van der Waals surface area contributed by atoms with Crippen LogP contribution in [-0.4, -0.2) is 21.6 Å². The Labute approximate surface area is 129 Å². The van der Waals surface area contributed by atoms with E-state index >= 15 is 0 Å². The zero-order valence-electron chi connectivity index (χ0n) is 11.7. The minimum absolute atomic E-state index is 0.0216. The van der Waals surface area contributed by atoms with Crippen LogP contribution >= 0.6 is 15.9 Å². The lowest BCUT2D eigenvalue weighted by Crippen LogP contribution is -2.34. The van der Waals surface area contributed by atoms with Crippen molar-refractivity contribution in [3.63, 3.8) is 0 Å². The van der Waals surface area contributed by atoms with Crippen LogP contribution < -0.4 is 9.46 Å². The Bertz CT molecular complexity index is 570. The fraction of sp³-hybridized carbons (Fsp3) is 0.571. The summed E-state index contributed by atoms with van der Waals surface area (Å²) in [6.45, 7) is 2.01. The monoisotopic (exact) mass is 361 g/mol. The lowest BCUT2D eigenvalue weighted by Gasteiger charge is -2.17.